The highest BCUT2D eigenvalue weighted by molar-refractivity contribution is 6.32. The summed E-state index contributed by atoms with van der Waals surface area (Å²) in [5.74, 6) is 0.00571. The van der Waals surface area contributed by atoms with Gasteiger partial charge in [0.2, 0.25) is 5.91 Å². The molecule has 2 aromatic heterocycles. The monoisotopic (exact) mass is 635 g/mol. The number of benzene rings is 1. The number of likely N-dealkylation sites (tertiary alicyclic amines) is 2. The van der Waals surface area contributed by atoms with E-state index in [-0.39, 0.29) is 40.8 Å². The van der Waals surface area contributed by atoms with Crippen molar-refractivity contribution in [2.45, 2.75) is 70.4 Å². The number of hydrogen-bond donors (Lipinski definition) is 2. The maximum absolute atomic E-state index is 13.6. The van der Waals surface area contributed by atoms with Crippen molar-refractivity contribution in [2.24, 2.45) is 0 Å². The first-order valence-electron chi connectivity index (χ1n) is 14.5. The third-order valence-electron chi connectivity index (χ3n) is 8.23. The van der Waals surface area contributed by atoms with Gasteiger partial charge in [0, 0.05) is 48.2 Å². The highest BCUT2D eigenvalue weighted by atomic mass is 35.5. The number of halogens is 4. The Bertz CT molecular complexity index is 1520. The molecule has 1 unspecified atom stereocenters. The quantitative estimate of drug-likeness (QED) is 0.316. The predicted octanol–water partition coefficient (Wildman–Crippen LogP) is 5.18. The number of nitrogens with one attached hydrogen (secondary N) is 2. The minimum Gasteiger partial charge on any atom is -0.344 e. The topological polar surface area (TPSA) is 99.1 Å². The number of hydrogen-bond acceptors (Lipinski definition) is 5. The minimum atomic E-state index is -2.45. The summed E-state index contributed by atoms with van der Waals surface area (Å²) in [6, 6.07) is 3.44. The molecular weight excluding hydrogens is 599 g/mol. The van der Waals surface area contributed by atoms with E-state index in [1.54, 1.807) is 9.80 Å². The Hall–Kier alpha value is -3.02. The Morgan fingerprint density at radius 2 is 1.95 bits per heavy atom. The number of amides is 2. The standard InChI is InChI=1S/C30H37Cl2F2N7O2/c1-5-26(42)40-13-17(14-40)35-29(43)27-28(32)36-25(41(27)18-7-6-10-39(15-18)16-24(33)34)9-8-22-19-11-20(30(2,3)4)21(31)12-23(19)38-37-22/h5,11-12,17-18,24H,1,6-10,13-16H2,2-4H3,(H,35,43)(H,37,38). The fourth-order valence-electron chi connectivity index (χ4n) is 6.04. The van der Waals surface area contributed by atoms with Crippen molar-refractivity contribution < 1.29 is 18.4 Å². The van der Waals surface area contributed by atoms with Gasteiger partial charge in [-0.25, -0.2) is 13.8 Å². The van der Waals surface area contributed by atoms with Crippen LogP contribution in [0.4, 0.5) is 8.78 Å². The van der Waals surface area contributed by atoms with Crippen molar-refractivity contribution in [3.63, 3.8) is 0 Å². The van der Waals surface area contributed by atoms with E-state index in [4.69, 9.17) is 23.2 Å². The molecule has 2 amide bonds. The van der Waals surface area contributed by atoms with E-state index in [1.807, 2.05) is 10.6 Å². The van der Waals surface area contributed by atoms with Crippen LogP contribution in [0, 0.1) is 0 Å². The second kappa shape index (κ2) is 12.5. The van der Waals surface area contributed by atoms with E-state index >= 15 is 0 Å². The number of H-pyrrole nitrogens is 1. The van der Waals surface area contributed by atoms with E-state index in [0.29, 0.717) is 62.7 Å². The Labute approximate surface area is 259 Å². The van der Waals surface area contributed by atoms with Gasteiger partial charge in [0.05, 0.1) is 18.1 Å². The molecule has 2 aliphatic rings. The number of carbonyl (C=O) groups is 2. The molecule has 0 saturated carbocycles. The van der Waals surface area contributed by atoms with Crippen molar-refractivity contribution >= 4 is 45.9 Å². The van der Waals surface area contributed by atoms with E-state index in [9.17, 15) is 18.4 Å². The number of aromatic nitrogens is 4. The Balaban J connectivity index is 1.43. The summed E-state index contributed by atoms with van der Waals surface area (Å²) in [4.78, 5) is 33.3. The molecule has 0 radical (unpaired) electrons. The SMILES string of the molecule is C=CC(=O)N1CC(NC(=O)c2c(Cl)nc(CCc3[nH]nc4cc(Cl)c(C(C)(C)C)cc34)n2C2CCCN(CC(F)F)C2)C1. The number of imidazole rings is 1. The second-order valence-corrected chi connectivity index (χ2v) is 13.2. The molecule has 232 valence electrons. The van der Waals surface area contributed by atoms with E-state index < -0.39 is 12.3 Å². The Morgan fingerprint density at radius 3 is 2.63 bits per heavy atom. The van der Waals surface area contributed by atoms with Crippen molar-refractivity contribution in [2.75, 3.05) is 32.7 Å². The maximum Gasteiger partial charge on any atom is 0.271 e. The van der Waals surface area contributed by atoms with Crippen LogP contribution in [0.3, 0.4) is 0 Å². The van der Waals surface area contributed by atoms with Crippen LogP contribution in [0.15, 0.2) is 24.8 Å². The molecule has 0 spiro atoms. The first-order chi connectivity index (χ1) is 20.3. The van der Waals surface area contributed by atoms with Crippen molar-refractivity contribution in [1.29, 1.82) is 0 Å². The van der Waals surface area contributed by atoms with Crippen molar-refractivity contribution in [1.82, 2.24) is 34.9 Å². The van der Waals surface area contributed by atoms with Crippen LogP contribution in [0.25, 0.3) is 10.9 Å². The van der Waals surface area contributed by atoms with Crippen LogP contribution in [-0.2, 0) is 23.1 Å². The molecule has 1 atom stereocenters. The van der Waals surface area contributed by atoms with Crippen molar-refractivity contribution in [3.8, 4) is 0 Å². The second-order valence-electron chi connectivity index (χ2n) is 12.4. The summed E-state index contributed by atoms with van der Waals surface area (Å²) < 4.78 is 28.4. The van der Waals surface area contributed by atoms with Gasteiger partial charge in [0.25, 0.3) is 12.3 Å². The number of carbonyl (C=O) groups excluding carboxylic acids is 2. The first-order valence-corrected chi connectivity index (χ1v) is 15.3. The summed E-state index contributed by atoms with van der Waals surface area (Å²) in [5, 5.41) is 12.2. The molecule has 2 saturated heterocycles. The predicted molar refractivity (Wildman–Crippen MR) is 163 cm³/mol. The van der Waals surface area contributed by atoms with Crippen LogP contribution < -0.4 is 5.32 Å². The molecule has 2 N–H and O–H groups in total. The van der Waals surface area contributed by atoms with Gasteiger partial charge in [0.1, 0.15) is 11.5 Å². The van der Waals surface area contributed by atoms with Crippen LogP contribution in [0.5, 0.6) is 0 Å². The van der Waals surface area contributed by atoms with Gasteiger partial charge in [-0.2, -0.15) is 5.10 Å². The lowest BCUT2D eigenvalue weighted by Gasteiger charge is -2.39. The lowest BCUT2D eigenvalue weighted by atomic mass is 9.86. The third kappa shape index (κ3) is 6.73. The lowest BCUT2D eigenvalue weighted by Crippen LogP contribution is -2.60. The highest BCUT2D eigenvalue weighted by Gasteiger charge is 2.35. The molecule has 4 heterocycles. The van der Waals surface area contributed by atoms with Crippen LogP contribution in [0.1, 0.15) is 67.2 Å². The normalized spacial score (nSPS) is 18.3. The summed E-state index contributed by atoms with van der Waals surface area (Å²) in [7, 11) is 0. The summed E-state index contributed by atoms with van der Waals surface area (Å²) >= 11 is 13.2. The molecule has 3 aromatic rings. The van der Waals surface area contributed by atoms with Gasteiger partial charge in [-0.15, -0.1) is 0 Å². The van der Waals surface area contributed by atoms with Gasteiger partial charge < -0.3 is 14.8 Å². The molecule has 0 aliphatic carbocycles. The van der Waals surface area contributed by atoms with Gasteiger partial charge in [-0.1, -0.05) is 50.6 Å². The van der Waals surface area contributed by atoms with Gasteiger partial charge in [-0.3, -0.25) is 19.6 Å². The number of aryl methyl sites for hydroxylation is 2. The van der Waals surface area contributed by atoms with Gasteiger partial charge in [-0.05, 0) is 55.0 Å². The van der Waals surface area contributed by atoms with Crippen LogP contribution in [-0.4, -0.2) is 86.6 Å². The van der Waals surface area contributed by atoms with E-state index in [2.05, 4.69) is 53.9 Å². The number of fused-ring (bicyclic) bond motifs is 1. The van der Waals surface area contributed by atoms with Gasteiger partial charge >= 0.3 is 0 Å². The zero-order valence-corrected chi connectivity index (χ0v) is 26.1. The zero-order valence-electron chi connectivity index (χ0n) is 24.6. The first kappa shape index (κ1) is 31.4. The van der Waals surface area contributed by atoms with Gasteiger partial charge in [0.15, 0.2) is 5.15 Å². The number of rotatable bonds is 9. The molecule has 2 aliphatic heterocycles. The number of alkyl halides is 2. The summed E-state index contributed by atoms with van der Waals surface area (Å²) in [6.45, 7) is 11.1. The Kier molecular flexibility index (Phi) is 9.15. The van der Waals surface area contributed by atoms with Crippen LogP contribution >= 0.6 is 23.2 Å². The highest BCUT2D eigenvalue weighted by Crippen LogP contribution is 2.34. The molecule has 2 fully saturated rings. The maximum atomic E-state index is 13.6. The number of nitrogens with zero attached hydrogens (tertiary/aromatic N) is 5. The largest absolute Gasteiger partial charge is 0.344 e. The number of piperidine rings is 1. The molecule has 1 aromatic carbocycles. The van der Waals surface area contributed by atoms with E-state index in [0.717, 1.165) is 22.2 Å². The van der Waals surface area contributed by atoms with E-state index in [1.165, 1.54) is 6.08 Å². The average Bonchev–Trinajstić information content (AvgIpc) is 3.46. The average molecular weight is 637 g/mol. The molecular formula is C30H37Cl2F2N7O2. The molecule has 5 rings (SSSR count). The molecule has 13 heteroatoms. The minimum absolute atomic E-state index is 0.0631. The molecule has 0 bridgehead atoms. The summed E-state index contributed by atoms with van der Waals surface area (Å²) in [6.07, 6.45) is 1.17. The lowest BCUT2D eigenvalue weighted by molar-refractivity contribution is -0.130. The number of aromatic amines is 1. The third-order valence-corrected chi connectivity index (χ3v) is 8.81. The molecule has 43 heavy (non-hydrogen) atoms. The fraction of sp³-hybridized carbons (Fsp3) is 0.533. The Morgan fingerprint density at radius 1 is 1.21 bits per heavy atom. The van der Waals surface area contributed by atoms with Crippen molar-refractivity contribution in [3.05, 3.63) is 57.7 Å². The fourth-order valence-corrected chi connectivity index (χ4v) is 6.76. The zero-order chi connectivity index (χ0) is 31.1. The summed E-state index contributed by atoms with van der Waals surface area (Å²) in [5.41, 5.74) is 2.73. The van der Waals surface area contributed by atoms with Crippen LogP contribution in [0.2, 0.25) is 10.2 Å². The molecule has 9 nitrogen and oxygen atoms in total. The smallest absolute Gasteiger partial charge is 0.271 e.